The Balaban J connectivity index is 1.55. The minimum atomic E-state index is 0.00417. The van der Waals surface area contributed by atoms with Gasteiger partial charge in [-0.15, -0.1) is 0 Å². The summed E-state index contributed by atoms with van der Waals surface area (Å²) in [6.45, 7) is 8.35. The molecule has 94 valence electrons. The van der Waals surface area contributed by atoms with E-state index in [9.17, 15) is 0 Å². The highest BCUT2D eigenvalue weighted by Crippen LogP contribution is 2.27. The van der Waals surface area contributed by atoms with Crippen molar-refractivity contribution in [3.05, 3.63) is 0 Å². The van der Waals surface area contributed by atoms with Gasteiger partial charge < -0.3 is 14.8 Å². The number of rotatable bonds is 4. The Morgan fingerprint density at radius 1 is 1.31 bits per heavy atom. The Bertz CT molecular complexity index is 212. The van der Waals surface area contributed by atoms with Crippen LogP contribution in [0.3, 0.4) is 0 Å². The third-order valence-electron chi connectivity index (χ3n) is 3.27. The quantitative estimate of drug-likeness (QED) is 0.798. The third kappa shape index (κ3) is 3.72. The zero-order chi connectivity index (χ0) is 11.6. The first-order valence-corrected chi connectivity index (χ1v) is 6.56. The average Bonchev–Trinajstić information content (AvgIpc) is 2.59. The van der Waals surface area contributed by atoms with Crippen molar-refractivity contribution < 1.29 is 9.47 Å². The molecule has 1 N–H and O–H groups in total. The van der Waals surface area contributed by atoms with Crippen LogP contribution in [0, 0.1) is 0 Å². The standard InChI is InChI=1S/C13H25NO2/c1-13(2,3)16-12-7-10(8-12)14-9-11-5-4-6-15-11/h10-12,14H,4-9H2,1-3H3. The molecule has 0 spiro atoms. The molecule has 3 nitrogen and oxygen atoms in total. The van der Waals surface area contributed by atoms with Gasteiger partial charge in [-0.25, -0.2) is 0 Å². The molecule has 1 saturated carbocycles. The molecule has 1 atom stereocenters. The van der Waals surface area contributed by atoms with Gasteiger partial charge in [0.1, 0.15) is 0 Å². The van der Waals surface area contributed by atoms with Crippen molar-refractivity contribution in [2.24, 2.45) is 0 Å². The van der Waals surface area contributed by atoms with Crippen LogP contribution >= 0.6 is 0 Å². The van der Waals surface area contributed by atoms with Gasteiger partial charge in [0.15, 0.2) is 0 Å². The molecule has 1 aliphatic carbocycles. The van der Waals surface area contributed by atoms with E-state index >= 15 is 0 Å². The van der Waals surface area contributed by atoms with Gasteiger partial charge in [0.05, 0.1) is 17.8 Å². The first-order chi connectivity index (χ1) is 7.53. The minimum absolute atomic E-state index is 0.00417. The predicted molar refractivity (Wildman–Crippen MR) is 64.6 cm³/mol. The van der Waals surface area contributed by atoms with E-state index in [2.05, 4.69) is 26.1 Å². The molecule has 2 rings (SSSR count). The van der Waals surface area contributed by atoms with Gasteiger partial charge in [0.25, 0.3) is 0 Å². The van der Waals surface area contributed by atoms with Crippen LogP contribution in [0.25, 0.3) is 0 Å². The van der Waals surface area contributed by atoms with E-state index in [1.165, 1.54) is 12.8 Å². The van der Waals surface area contributed by atoms with Gasteiger partial charge in [-0.05, 0) is 46.5 Å². The second-order valence-electron chi connectivity index (χ2n) is 6.06. The Morgan fingerprint density at radius 2 is 2.06 bits per heavy atom. The summed E-state index contributed by atoms with van der Waals surface area (Å²) in [5.41, 5.74) is 0.00417. The smallest absolute Gasteiger partial charge is 0.0700 e. The highest BCUT2D eigenvalue weighted by Gasteiger charge is 2.33. The van der Waals surface area contributed by atoms with Gasteiger partial charge >= 0.3 is 0 Å². The molecule has 0 aromatic rings. The maximum absolute atomic E-state index is 5.90. The summed E-state index contributed by atoms with van der Waals surface area (Å²) in [5, 5.41) is 3.57. The van der Waals surface area contributed by atoms with Gasteiger partial charge in [-0.2, -0.15) is 0 Å². The molecule has 3 heteroatoms. The molecule has 1 heterocycles. The van der Waals surface area contributed by atoms with Crippen molar-refractivity contribution >= 4 is 0 Å². The van der Waals surface area contributed by atoms with E-state index in [0.717, 1.165) is 26.0 Å². The Kier molecular flexibility index (Phi) is 3.88. The SMILES string of the molecule is CC(C)(C)OC1CC(NCC2CCCO2)C1. The highest BCUT2D eigenvalue weighted by atomic mass is 16.5. The predicted octanol–water partition coefficient (Wildman–Crippen LogP) is 2.10. The van der Waals surface area contributed by atoms with Crippen molar-refractivity contribution in [3.63, 3.8) is 0 Å². The summed E-state index contributed by atoms with van der Waals surface area (Å²) in [6.07, 6.45) is 5.69. The fraction of sp³-hybridized carbons (Fsp3) is 1.00. The largest absolute Gasteiger partial charge is 0.377 e. The average molecular weight is 227 g/mol. The van der Waals surface area contributed by atoms with Gasteiger partial charge in [-0.1, -0.05) is 0 Å². The molecule has 0 radical (unpaired) electrons. The first kappa shape index (κ1) is 12.3. The van der Waals surface area contributed by atoms with Crippen LogP contribution in [0.1, 0.15) is 46.5 Å². The van der Waals surface area contributed by atoms with Crippen LogP contribution in [-0.2, 0) is 9.47 Å². The third-order valence-corrected chi connectivity index (χ3v) is 3.27. The van der Waals surface area contributed by atoms with E-state index < -0.39 is 0 Å². The molecule has 1 unspecified atom stereocenters. The van der Waals surface area contributed by atoms with Crippen LogP contribution < -0.4 is 5.32 Å². The lowest BCUT2D eigenvalue weighted by atomic mass is 9.88. The van der Waals surface area contributed by atoms with Crippen molar-refractivity contribution in [1.29, 1.82) is 0 Å². The minimum Gasteiger partial charge on any atom is -0.377 e. The summed E-state index contributed by atoms with van der Waals surface area (Å²) in [6, 6.07) is 0.650. The van der Waals surface area contributed by atoms with Crippen LogP contribution in [0.2, 0.25) is 0 Å². The molecule has 0 bridgehead atoms. The van der Waals surface area contributed by atoms with E-state index in [1.54, 1.807) is 0 Å². The monoisotopic (exact) mass is 227 g/mol. The number of hydrogen-bond donors (Lipinski definition) is 1. The topological polar surface area (TPSA) is 30.5 Å². The molecule has 0 amide bonds. The molecule has 0 aromatic heterocycles. The highest BCUT2D eigenvalue weighted by molar-refractivity contribution is 4.88. The van der Waals surface area contributed by atoms with Crippen LogP contribution in [0.5, 0.6) is 0 Å². The van der Waals surface area contributed by atoms with Crippen LogP contribution in [-0.4, -0.2) is 37.0 Å². The summed E-state index contributed by atoms with van der Waals surface area (Å²) < 4.78 is 11.5. The maximum atomic E-state index is 5.90. The summed E-state index contributed by atoms with van der Waals surface area (Å²) in [4.78, 5) is 0. The normalized spacial score (nSPS) is 35.1. The molecule has 1 saturated heterocycles. The van der Waals surface area contributed by atoms with Gasteiger partial charge in [0, 0.05) is 19.2 Å². The van der Waals surface area contributed by atoms with E-state index in [4.69, 9.17) is 9.47 Å². The lowest BCUT2D eigenvalue weighted by molar-refractivity contribution is -0.103. The number of hydrogen-bond acceptors (Lipinski definition) is 3. The second-order valence-corrected chi connectivity index (χ2v) is 6.06. The fourth-order valence-corrected chi connectivity index (χ4v) is 2.43. The van der Waals surface area contributed by atoms with E-state index in [0.29, 0.717) is 18.2 Å². The maximum Gasteiger partial charge on any atom is 0.0700 e. The molecule has 1 aliphatic heterocycles. The zero-order valence-corrected chi connectivity index (χ0v) is 10.8. The van der Waals surface area contributed by atoms with Crippen LogP contribution in [0.15, 0.2) is 0 Å². The summed E-state index contributed by atoms with van der Waals surface area (Å²) in [5.74, 6) is 0. The van der Waals surface area contributed by atoms with E-state index in [1.807, 2.05) is 0 Å². The van der Waals surface area contributed by atoms with Crippen molar-refractivity contribution in [3.8, 4) is 0 Å². The molecule has 2 aliphatic rings. The summed E-state index contributed by atoms with van der Waals surface area (Å²) >= 11 is 0. The lowest BCUT2D eigenvalue weighted by Crippen LogP contribution is -2.49. The molecule has 2 fully saturated rings. The van der Waals surface area contributed by atoms with Gasteiger partial charge in [0.2, 0.25) is 0 Å². The van der Waals surface area contributed by atoms with Gasteiger partial charge in [-0.3, -0.25) is 0 Å². The number of nitrogens with one attached hydrogen (secondary N) is 1. The molecular formula is C13H25NO2. The fourth-order valence-electron chi connectivity index (χ4n) is 2.43. The number of ether oxygens (including phenoxy) is 2. The summed E-state index contributed by atoms with van der Waals surface area (Å²) in [7, 11) is 0. The van der Waals surface area contributed by atoms with Crippen LogP contribution in [0.4, 0.5) is 0 Å². The van der Waals surface area contributed by atoms with Crippen molar-refractivity contribution in [1.82, 2.24) is 5.32 Å². The Hall–Kier alpha value is -0.120. The zero-order valence-electron chi connectivity index (χ0n) is 10.8. The lowest BCUT2D eigenvalue weighted by Gasteiger charge is -2.40. The Labute approximate surface area is 98.9 Å². The molecular weight excluding hydrogens is 202 g/mol. The van der Waals surface area contributed by atoms with Crippen molar-refractivity contribution in [2.45, 2.75) is 70.3 Å². The first-order valence-electron chi connectivity index (χ1n) is 6.56. The Morgan fingerprint density at radius 3 is 2.62 bits per heavy atom. The molecule has 16 heavy (non-hydrogen) atoms. The molecule has 0 aromatic carbocycles. The van der Waals surface area contributed by atoms with Crippen molar-refractivity contribution in [2.75, 3.05) is 13.2 Å². The second kappa shape index (κ2) is 5.03. The van der Waals surface area contributed by atoms with E-state index in [-0.39, 0.29) is 5.60 Å².